The van der Waals surface area contributed by atoms with E-state index >= 15 is 0 Å². The third kappa shape index (κ3) is 2.17. The molecule has 0 aliphatic carbocycles. The van der Waals surface area contributed by atoms with Gasteiger partial charge in [-0.2, -0.15) is 0 Å². The van der Waals surface area contributed by atoms with E-state index in [1.54, 1.807) is 0 Å². The molecule has 3 N–H and O–H groups in total. The van der Waals surface area contributed by atoms with Crippen molar-refractivity contribution in [1.82, 2.24) is 0 Å². The lowest BCUT2D eigenvalue weighted by Crippen LogP contribution is -2.44. The second-order valence-electron chi connectivity index (χ2n) is 2.71. The van der Waals surface area contributed by atoms with Gasteiger partial charge in [-0.05, 0) is 6.92 Å². The molecule has 0 saturated carbocycles. The maximum atomic E-state index is 9.94. The van der Waals surface area contributed by atoms with Gasteiger partial charge in [0.1, 0.15) is 6.10 Å². The van der Waals surface area contributed by atoms with Crippen molar-refractivity contribution < 1.29 is 24.9 Å². The van der Waals surface area contributed by atoms with Gasteiger partial charge in [0, 0.05) is 0 Å². The first-order valence-corrected chi connectivity index (χ1v) is 3.58. The van der Waals surface area contributed by atoms with Crippen molar-refractivity contribution in [3.05, 3.63) is 0 Å². The van der Waals surface area contributed by atoms with Crippen LogP contribution in [0.2, 0.25) is 0 Å². The number of ether oxygens (including phenoxy) is 1. The van der Waals surface area contributed by atoms with Crippen molar-refractivity contribution in [2.45, 2.75) is 13.0 Å². The molecule has 0 bridgehead atoms. The molecule has 0 radical (unpaired) electrons. The van der Waals surface area contributed by atoms with Gasteiger partial charge in [-0.25, -0.2) is 0 Å². The molecule has 72 valence electrons. The number of rotatable bonds is 6. The van der Waals surface area contributed by atoms with Gasteiger partial charge in [-0.1, -0.05) is 0 Å². The second kappa shape index (κ2) is 5.08. The molecule has 0 aliphatic heterocycles. The smallest absolute Gasteiger partial charge is 0.293 e. The van der Waals surface area contributed by atoms with Gasteiger partial charge in [-0.15, -0.1) is 0 Å². The molecular weight excluding hydrogens is 164 g/mol. The molecule has 0 spiro atoms. The Kier molecular flexibility index (Phi) is 4.80. The Labute approximate surface area is 70.6 Å². The molecule has 0 aromatic rings. The van der Waals surface area contributed by atoms with E-state index < -0.39 is 31.3 Å². The number of hydrogen-bond donors (Lipinski definition) is 3. The van der Waals surface area contributed by atoms with Crippen LogP contribution in [0.4, 0.5) is 0 Å². The van der Waals surface area contributed by atoms with Crippen LogP contribution in [0.3, 0.4) is 0 Å². The average Bonchev–Trinajstić information content (AvgIpc) is 2.09. The summed E-state index contributed by atoms with van der Waals surface area (Å²) in [5, 5.41) is 26.6. The van der Waals surface area contributed by atoms with Crippen LogP contribution in [0.15, 0.2) is 0 Å². The van der Waals surface area contributed by atoms with Crippen molar-refractivity contribution in [2.75, 3.05) is 19.8 Å². The molecule has 0 amide bonds. The van der Waals surface area contributed by atoms with E-state index in [4.69, 9.17) is 15.3 Å². The van der Waals surface area contributed by atoms with Gasteiger partial charge < -0.3 is 20.1 Å². The number of aliphatic hydroxyl groups is 3. The van der Waals surface area contributed by atoms with Crippen molar-refractivity contribution in [1.29, 1.82) is 0 Å². The molecular formula is C7H14O5. The SMILES string of the molecule is CC(OC=O)C(CO)(CO)CO. The van der Waals surface area contributed by atoms with Crippen molar-refractivity contribution >= 4 is 6.47 Å². The van der Waals surface area contributed by atoms with Gasteiger partial charge in [0.15, 0.2) is 0 Å². The molecule has 0 aromatic heterocycles. The predicted octanol–water partition coefficient (Wildman–Crippen LogP) is -1.49. The van der Waals surface area contributed by atoms with E-state index in [2.05, 4.69) is 4.74 Å². The Balaban J connectivity index is 4.34. The fourth-order valence-corrected chi connectivity index (χ4v) is 0.763. The minimum atomic E-state index is -1.15. The van der Waals surface area contributed by atoms with E-state index in [1.165, 1.54) is 6.92 Å². The highest BCUT2D eigenvalue weighted by molar-refractivity contribution is 5.37. The van der Waals surface area contributed by atoms with Crippen LogP contribution in [0.5, 0.6) is 0 Å². The quantitative estimate of drug-likeness (QED) is 0.431. The van der Waals surface area contributed by atoms with Gasteiger partial charge in [0.25, 0.3) is 6.47 Å². The number of aliphatic hydroxyl groups excluding tert-OH is 3. The molecule has 0 aromatic carbocycles. The Bertz CT molecular complexity index is 123. The lowest BCUT2D eigenvalue weighted by atomic mass is 9.85. The largest absolute Gasteiger partial charge is 0.464 e. The van der Waals surface area contributed by atoms with E-state index in [0.29, 0.717) is 0 Å². The summed E-state index contributed by atoms with van der Waals surface area (Å²) >= 11 is 0. The zero-order chi connectivity index (χ0) is 9.61. The fourth-order valence-electron chi connectivity index (χ4n) is 0.763. The summed E-state index contributed by atoms with van der Waals surface area (Å²) in [6.07, 6.45) is -0.713. The van der Waals surface area contributed by atoms with Crippen molar-refractivity contribution in [2.24, 2.45) is 5.41 Å². The summed E-state index contributed by atoms with van der Waals surface area (Å²) in [6.45, 7) is 0.413. The molecule has 0 saturated heterocycles. The predicted molar refractivity (Wildman–Crippen MR) is 40.3 cm³/mol. The standard InChI is InChI=1S/C7H14O5/c1-6(12-5-11)7(2-8,3-9)4-10/h5-6,8-10H,2-4H2,1H3. The number of carbonyl (C=O) groups excluding carboxylic acids is 1. The van der Waals surface area contributed by atoms with Gasteiger partial charge in [-0.3, -0.25) is 4.79 Å². The highest BCUT2D eigenvalue weighted by Gasteiger charge is 2.36. The van der Waals surface area contributed by atoms with Crippen LogP contribution >= 0.6 is 0 Å². The van der Waals surface area contributed by atoms with Crippen molar-refractivity contribution in [3.8, 4) is 0 Å². The summed E-state index contributed by atoms with van der Waals surface area (Å²) in [7, 11) is 0. The van der Waals surface area contributed by atoms with Crippen LogP contribution in [0.1, 0.15) is 6.92 Å². The third-order valence-corrected chi connectivity index (χ3v) is 2.07. The molecule has 12 heavy (non-hydrogen) atoms. The lowest BCUT2D eigenvalue weighted by Gasteiger charge is -2.32. The molecule has 1 atom stereocenters. The van der Waals surface area contributed by atoms with Gasteiger partial charge >= 0.3 is 0 Å². The van der Waals surface area contributed by atoms with Crippen LogP contribution in [0, 0.1) is 5.41 Å². The zero-order valence-corrected chi connectivity index (χ0v) is 6.93. The monoisotopic (exact) mass is 178 g/mol. The summed E-state index contributed by atoms with van der Waals surface area (Å²) in [6, 6.07) is 0. The first-order valence-electron chi connectivity index (χ1n) is 3.58. The Morgan fingerprint density at radius 3 is 2.00 bits per heavy atom. The third-order valence-electron chi connectivity index (χ3n) is 2.07. The number of hydrogen-bond acceptors (Lipinski definition) is 5. The minimum absolute atomic E-state index is 0.223. The topological polar surface area (TPSA) is 87.0 Å². The second-order valence-corrected chi connectivity index (χ2v) is 2.71. The molecule has 0 fully saturated rings. The first kappa shape index (κ1) is 11.4. The summed E-state index contributed by atoms with van der Waals surface area (Å²) in [4.78, 5) is 9.94. The van der Waals surface area contributed by atoms with E-state index in [0.717, 1.165) is 0 Å². The fraction of sp³-hybridized carbons (Fsp3) is 0.857. The molecule has 1 unspecified atom stereocenters. The van der Waals surface area contributed by atoms with Crippen LogP contribution < -0.4 is 0 Å². The summed E-state index contributed by atoms with van der Waals surface area (Å²) in [5.41, 5.74) is -1.15. The van der Waals surface area contributed by atoms with E-state index in [1.807, 2.05) is 0 Å². The maximum absolute atomic E-state index is 9.94. The zero-order valence-electron chi connectivity index (χ0n) is 6.93. The Morgan fingerprint density at radius 2 is 1.75 bits per heavy atom. The van der Waals surface area contributed by atoms with Gasteiger partial charge in [0.2, 0.25) is 0 Å². The highest BCUT2D eigenvalue weighted by Crippen LogP contribution is 2.22. The molecule has 5 nitrogen and oxygen atoms in total. The van der Waals surface area contributed by atoms with E-state index in [9.17, 15) is 4.79 Å². The van der Waals surface area contributed by atoms with Crippen LogP contribution in [-0.4, -0.2) is 47.7 Å². The van der Waals surface area contributed by atoms with Gasteiger partial charge in [0.05, 0.1) is 25.2 Å². The summed E-state index contributed by atoms with van der Waals surface area (Å²) < 4.78 is 4.52. The molecule has 5 heteroatoms. The minimum Gasteiger partial charge on any atom is -0.464 e. The highest BCUT2D eigenvalue weighted by atomic mass is 16.5. The number of carbonyl (C=O) groups is 1. The van der Waals surface area contributed by atoms with Crippen LogP contribution in [0.25, 0.3) is 0 Å². The summed E-state index contributed by atoms with van der Waals surface area (Å²) in [5.74, 6) is 0. The molecule has 0 heterocycles. The first-order chi connectivity index (χ1) is 5.66. The Morgan fingerprint density at radius 1 is 1.33 bits per heavy atom. The maximum Gasteiger partial charge on any atom is 0.293 e. The average molecular weight is 178 g/mol. The Hall–Kier alpha value is -0.650. The molecule has 0 rings (SSSR count). The normalized spacial score (nSPS) is 14.0. The van der Waals surface area contributed by atoms with E-state index in [-0.39, 0.29) is 6.47 Å². The lowest BCUT2D eigenvalue weighted by molar-refractivity contribution is -0.148. The molecule has 0 aliphatic rings. The van der Waals surface area contributed by atoms with Crippen LogP contribution in [-0.2, 0) is 9.53 Å². The van der Waals surface area contributed by atoms with Crippen molar-refractivity contribution in [3.63, 3.8) is 0 Å².